The zero-order chi connectivity index (χ0) is 11.0. The average molecular weight is 210 g/mol. The van der Waals surface area contributed by atoms with Crippen molar-refractivity contribution in [3.05, 3.63) is 65.5 Å². The fourth-order valence-electron chi connectivity index (χ4n) is 2.06. The van der Waals surface area contributed by atoms with Gasteiger partial charge in [0.15, 0.2) is 0 Å². The quantitative estimate of drug-likeness (QED) is 0.781. The second-order valence-electron chi connectivity index (χ2n) is 3.77. The summed E-state index contributed by atoms with van der Waals surface area (Å²) < 4.78 is 0. The van der Waals surface area contributed by atoms with Gasteiger partial charge in [0, 0.05) is 18.0 Å². The summed E-state index contributed by atoms with van der Waals surface area (Å²) in [5.41, 5.74) is 2.87. The van der Waals surface area contributed by atoms with Gasteiger partial charge in [-0.15, -0.1) is 0 Å². The molecule has 0 saturated heterocycles. The number of nitrogens with one attached hydrogen (secondary N) is 1. The molecule has 0 bridgehead atoms. The molecule has 1 atom stereocenters. The normalized spacial score (nSPS) is 18.0. The lowest BCUT2D eigenvalue weighted by molar-refractivity contribution is 0.0960. The third-order valence-electron chi connectivity index (χ3n) is 2.83. The average Bonchev–Trinajstić information content (AvgIpc) is 2.69. The second kappa shape index (κ2) is 3.45. The Morgan fingerprint density at radius 2 is 1.81 bits per heavy atom. The van der Waals surface area contributed by atoms with Gasteiger partial charge in [-0.05, 0) is 29.3 Å². The van der Waals surface area contributed by atoms with Crippen molar-refractivity contribution in [3.63, 3.8) is 0 Å². The van der Waals surface area contributed by atoms with Crippen molar-refractivity contribution in [2.45, 2.75) is 6.04 Å². The van der Waals surface area contributed by atoms with Crippen molar-refractivity contribution >= 4 is 5.91 Å². The molecule has 1 aromatic carbocycles. The molecule has 1 aliphatic heterocycles. The fraction of sp³-hybridized carbons (Fsp3) is 0.0769. The third kappa shape index (κ3) is 1.29. The molecular formula is C13H10N2O. The van der Waals surface area contributed by atoms with Crippen LogP contribution >= 0.6 is 0 Å². The predicted molar refractivity (Wildman–Crippen MR) is 60.0 cm³/mol. The number of hydrogen-bond acceptors (Lipinski definition) is 2. The Hall–Kier alpha value is -2.16. The van der Waals surface area contributed by atoms with Gasteiger partial charge in [-0.2, -0.15) is 0 Å². The van der Waals surface area contributed by atoms with Crippen LogP contribution in [0.2, 0.25) is 0 Å². The zero-order valence-electron chi connectivity index (χ0n) is 8.55. The number of aromatic nitrogens is 1. The highest BCUT2D eigenvalue weighted by molar-refractivity contribution is 5.99. The maximum Gasteiger partial charge on any atom is 0.252 e. The molecule has 0 radical (unpaired) electrons. The van der Waals surface area contributed by atoms with Crippen LogP contribution in [0.25, 0.3) is 0 Å². The molecule has 0 spiro atoms. The molecule has 0 saturated carbocycles. The number of rotatable bonds is 1. The summed E-state index contributed by atoms with van der Waals surface area (Å²) in [5.74, 6) is -0.00240. The highest BCUT2D eigenvalue weighted by Gasteiger charge is 2.28. The van der Waals surface area contributed by atoms with E-state index in [1.165, 1.54) is 0 Å². The van der Waals surface area contributed by atoms with E-state index in [-0.39, 0.29) is 11.9 Å². The van der Waals surface area contributed by atoms with E-state index in [0.29, 0.717) is 0 Å². The van der Waals surface area contributed by atoms with Crippen molar-refractivity contribution in [1.82, 2.24) is 10.3 Å². The summed E-state index contributed by atoms with van der Waals surface area (Å²) in [6.45, 7) is 0. The topological polar surface area (TPSA) is 42.0 Å². The molecular weight excluding hydrogens is 200 g/mol. The summed E-state index contributed by atoms with van der Waals surface area (Å²) in [6, 6.07) is 11.5. The van der Waals surface area contributed by atoms with Gasteiger partial charge in [-0.25, -0.2) is 0 Å². The molecule has 2 heterocycles. The smallest absolute Gasteiger partial charge is 0.252 e. The van der Waals surface area contributed by atoms with E-state index in [4.69, 9.17) is 0 Å². The molecule has 1 amide bonds. The first kappa shape index (κ1) is 9.09. The Balaban J connectivity index is 2.11. The van der Waals surface area contributed by atoms with E-state index in [0.717, 1.165) is 16.7 Å². The van der Waals surface area contributed by atoms with Gasteiger partial charge in [0.1, 0.15) is 0 Å². The first-order valence-electron chi connectivity index (χ1n) is 5.16. The van der Waals surface area contributed by atoms with E-state index in [9.17, 15) is 4.79 Å². The van der Waals surface area contributed by atoms with Crippen molar-refractivity contribution in [2.75, 3.05) is 0 Å². The number of pyridine rings is 1. The summed E-state index contributed by atoms with van der Waals surface area (Å²) in [5, 5.41) is 2.97. The molecule has 3 heteroatoms. The lowest BCUT2D eigenvalue weighted by atomic mass is 9.99. The van der Waals surface area contributed by atoms with Crippen LogP contribution in [0.15, 0.2) is 48.8 Å². The molecule has 16 heavy (non-hydrogen) atoms. The molecule has 78 valence electrons. The van der Waals surface area contributed by atoms with E-state index in [1.54, 1.807) is 12.4 Å². The number of hydrogen-bond donors (Lipinski definition) is 1. The molecule has 0 fully saturated rings. The number of carbonyl (C=O) groups is 1. The molecule has 1 unspecified atom stereocenters. The van der Waals surface area contributed by atoms with E-state index >= 15 is 0 Å². The number of amides is 1. The van der Waals surface area contributed by atoms with Crippen LogP contribution in [0.1, 0.15) is 27.5 Å². The minimum absolute atomic E-state index is 0.00240. The van der Waals surface area contributed by atoms with Crippen LogP contribution in [0.4, 0.5) is 0 Å². The van der Waals surface area contributed by atoms with Crippen molar-refractivity contribution in [2.24, 2.45) is 0 Å². The summed E-state index contributed by atoms with van der Waals surface area (Å²) in [7, 11) is 0. The van der Waals surface area contributed by atoms with Gasteiger partial charge in [0.25, 0.3) is 5.91 Å². The van der Waals surface area contributed by atoms with Crippen LogP contribution in [0.3, 0.4) is 0 Å². The minimum atomic E-state index is -0.0355. The number of benzene rings is 1. The Kier molecular flexibility index (Phi) is 1.96. The van der Waals surface area contributed by atoms with Crippen LogP contribution in [-0.4, -0.2) is 10.9 Å². The van der Waals surface area contributed by atoms with Crippen LogP contribution < -0.4 is 5.32 Å². The maximum absolute atomic E-state index is 11.7. The summed E-state index contributed by atoms with van der Waals surface area (Å²) in [4.78, 5) is 15.7. The number of fused-ring (bicyclic) bond motifs is 1. The highest BCUT2D eigenvalue weighted by atomic mass is 16.2. The standard InChI is InChI=1S/C13H10N2O/c16-13-11-4-2-1-3-10(11)12(15-13)9-5-7-14-8-6-9/h1-8,12H,(H,15,16). The number of nitrogens with zero attached hydrogens (tertiary/aromatic N) is 1. The lowest BCUT2D eigenvalue weighted by Crippen LogP contribution is -2.19. The highest BCUT2D eigenvalue weighted by Crippen LogP contribution is 2.29. The van der Waals surface area contributed by atoms with Gasteiger partial charge in [-0.1, -0.05) is 18.2 Å². The van der Waals surface area contributed by atoms with Gasteiger partial charge < -0.3 is 5.32 Å². The number of carbonyl (C=O) groups excluding carboxylic acids is 1. The Bertz CT molecular complexity index is 537. The van der Waals surface area contributed by atoms with E-state index in [1.807, 2.05) is 36.4 Å². The van der Waals surface area contributed by atoms with Crippen molar-refractivity contribution < 1.29 is 4.79 Å². The molecule has 1 aliphatic rings. The summed E-state index contributed by atoms with van der Waals surface area (Å²) >= 11 is 0. The Labute approximate surface area is 93.1 Å². The molecule has 0 aliphatic carbocycles. The first-order chi connectivity index (χ1) is 7.86. The van der Waals surface area contributed by atoms with E-state index in [2.05, 4.69) is 10.3 Å². The summed E-state index contributed by atoms with van der Waals surface area (Å²) in [6.07, 6.45) is 3.48. The first-order valence-corrected chi connectivity index (χ1v) is 5.16. The van der Waals surface area contributed by atoms with Gasteiger partial charge in [0.2, 0.25) is 0 Å². The van der Waals surface area contributed by atoms with E-state index < -0.39 is 0 Å². The third-order valence-corrected chi connectivity index (χ3v) is 2.83. The monoisotopic (exact) mass is 210 g/mol. The molecule has 3 rings (SSSR count). The van der Waals surface area contributed by atoms with Gasteiger partial charge in [-0.3, -0.25) is 9.78 Å². The Morgan fingerprint density at radius 1 is 1.06 bits per heavy atom. The molecule has 2 aromatic rings. The van der Waals surface area contributed by atoms with Crippen molar-refractivity contribution in [1.29, 1.82) is 0 Å². The minimum Gasteiger partial charge on any atom is -0.341 e. The predicted octanol–water partition coefficient (Wildman–Crippen LogP) is 1.91. The Morgan fingerprint density at radius 3 is 2.62 bits per heavy atom. The van der Waals surface area contributed by atoms with Crippen LogP contribution in [0.5, 0.6) is 0 Å². The fourth-order valence-corrected chi connectivity index (χ4v) is 2.06. The lowest BCUT2D eigenvalue weighted by Gasteiger charge is -2.11. The van der Waals surface area contributed by atoms with Crippen LogP contribution in [0, 0.1) is 0 Å². The van der Waals surface area contributed by atoms with Gasteiger partial charge >= 0.3 is 0 Å². The largest absolute Gasteiger partial charge is 0.341 e. The molecule has 1 aromatic heterocycles. The zero-order valence-corrected chi connectivity index (χ0v) is 8.55. The molecule has 3 nitrogen and oxygen atoms in total. The second-order valence-corrected chi connectivity index (χ2v) is 3.77. The van der Waals surface area contributed by atoms with Gasteiger partial charge in [0.05, 0.1) is 6.04 Å². The SMILES string of the molecule is O=C1NC(c2ccncc2)c2ccccc21. The maximum atomic E-state index is 11.7. The van der Waals surface area contributed by atoms with Crippen LogP contribution in [-0.2, 0) is 0 Å². The van der Waals surface area contributed by atoms with Crippen molar-refractivity contribution in [3.8, 4) is 0 Å². The molecule has 1 N–H and O–H groups in total.